The third-order valence-corrected chi connectivity index (χ3v) is 5.40. The number of fused-ring (bicyclic) bond motifs is 1. The maximum absolute atomic E-state index is 12.0. The standard InChI is InChI=1S/C20H14Cl2N10O2/c1-9-25-15(33)7-14-27-28-20(31(9)14)13-6-5-10(8-24-13)26-19-16(18(23)34)29-32(30-19)17-11(21)3-2-4-12(17)22/h2-8,33H,1H3,(H2,23,34)(H,26,30). The number of pyridine rings is 1. The summed E-state index contributed by atoms with van der Waals surface area (Å²) in [5, 5.41) is 29.9. The Balaban J connectivity index is 1.48. The van der Waals surface area contributed by atoms with Crippen molar-refractivity contribution in [2.24, 2.45) is 5.73 Å². The number of para-hydroxylation sites is 1. The van der Waals surface area contributed by atoms with Gasteiger partial charge in [0, 0.05) is 6.07 Å². The molecule has 4 N–H and O–H groups in total. The normalized spacial score (nSPS) is 11.1. The van der Waals surface area contributed by atoms with Gasteiger partial charge in [-0.2, -0.15) is 0 Å². The number of nitrogens with one attached hydrogen (secondary N) is 1. The number of aryl methyl sites for hydroxylation is 1. The topological polar surface area (TPSA) is 162 Å². The van der Waals surface area contributed by atoms with Gasteiger partial charge in [-0.05, 0) is 31.2 Å². The molecule has 0 bridgehead atoms. The summed E-state index contributed by atoms with van der Waals surface area (Å²) in [6, 6.07) is 9.73. The monoisotopic (exact) mass is 496 g/mol. The van der Waals surface area contributed by atoms with Crippen LogP contribution in [-0.4, -0.2) is 50.6 Å². The number of primary amides is 1. The quantitative estimate of drug-likeness (QED) is 0.331. The Bertz CT molecular complexity index is 1540. The van der Waals surface area contributed by atoms with Crippen LogP contribution < -0.4 is 11.1 Å². The maximum Gasteiger partial charge on any atom is 0.273 e. The Labute approximate surface area is 201 Å². The molecule has 0 radical (unpaired) electrons. The van der Waals surface area contributed by atoms with E-state index in [9.17, 15) is 9.90 Å². The van der Waals surface area contributed by atoms with Crippen molar-refractivity contribution in [2.75, 3.05) is 5.32 Å². The molecule has 1 aromatic carbocycles. The van der Waals surface area contributed by atoms with Crippen LogP contribution in [0.25, 0.3) is 22.9 Å². The SMILES string of the molecule is Cc1nc(O)cc2nnc(-c3ccc(Nc4nn(-c5c(Cl)cccc5Cl)nc4C(N)=O)cn3)n12. The minimum absolute atomic E-state index is 0.0986. The van der Waals surface area contributed by atoms with Crippen molar-refractivity contribution in [1.82, 2.24) is 39.6 Å². The van der Waals surface area contributed by atoms with Crippen molar-refractivity contribution in [1.29, 1.82) is 0 Å². The molecule has 0 atom stereocenters. The largest absolute Gasteiger partial charge is 0.493 e. The van der Waals surface area contributed by atoms with Crippen molar-refractivity contribution < 1.29 is 9.90 Å². The van der Waals surface area contributed by atoms with Gasteiger partial charge in [-0.3, -0.25) is 14.2 Å². The van der Waals surface area contributed by atoms with E-state index in [-0.39, 0.29) is 17.4 Å². The van der Waals surface area contributed by atoms with Crippen LogP contribution in [0.15, 0.2) is 42.6 Å². The van der Waals surface area contributed by atoms with Crippen LogP contribution >= 0.6 is 23.2 Å². The summed E-state index contributed by atoms with van der Waals surface area (Å²) in [4.78, 5) is 21.5. The first-order valence-corrected chi connectivity index (χ1v) is 10.4. The average Bonchev–Trinajstić information content (AvgIpc) is 3.39. The van der Waals surface area contributed by atoms with Gasteiger partial charge in [0.25, 0.3) is 5.91 Å². The van der Waals surface area contributed by atoms with Gasteiger partial charge in [0.05, 0.1) is 21.9 Å². The smallest absolute Gasteiger partial charge is 0.273 e. The number of hydrogen-bond donors (Lipinski definition) is 3. The van der Waals surface area contributed by atoms with Gasteiger partial charge < -0.3 is 16.2 Å². The third-order valence-electron chi connectivity index (χ3n) is 4.79. The van der Waals surface area contributed by atoms with Crippen LogP contribution in [0, 0.1) is 6.92 Å². The summed E-state index contributed by atoms with van der Waals surface area (Å²) in [5.41, 5.74) is 7.14. The minimum Gasteiger partial charge on any atom is -0.493 e. The summed E-state index contributed by atoms with van der Waals surface area (Å²) in [7, 11) is 0. The molecule has 5 aromatic rings. The van der Waals surface area contributed by atoms with Crippen LogP contribution in [0.2, 0.25) is 10.0 Å². The van der Waals surface area contributed by atoms with Crippen molar-refractivity contribution in [2.45, 2.75) is 6.92 Å². The molecule has 0 fully saturated rings. The summed E-state index contributed by atoms with van der Waals surface area (Å²) in [6.45, 7) is 1.72. The molecule has 170 valence electrons. The number of rotatable bonds is 5. The summed E-state index contributed by atoms with van der Waals surface area (Å²) < 4.78 is 1.67. The molecule has 14 heteroatoms. The highest BCUT2D eigenvalue weighted by Crippen LogP contribution is 2.29. The molecule has 0 saturated heterocycles. The van der Waals surface area contributed by atoms with Gasteiger partial charge in [0.2, 0.25) is 5.88 Å². The van der Waals surface area contributed by atoms with Gasteiger partial charge >= 0.3 is 0 Å². The fourth-order valence-electron chi connectivity index (χ4n) is 3.31. The van der Waals surface area contributed by atoms with Gasteiger partial charge in [0.1, 0.15) is 17.2 Å². The van der Waals surface area contributed by atoms with E-state index in [1.54, 1.807) is 41.7 Å². The molecule has 34 heavy (non-hydrogen) atoms. The molecule has 0 saturated carbocycles. The predicted molar refractivity (Wildman–Crippen MR) is 124 cm³/mol. The van der Waals surface area contributed by atoms with Gasteiger partial charge in [-0.25, -0.2) is 4.98 Å². The molecule has 0 spiro atoms. The van der Waals surface area contributed by atoms with Gasteiger partial charge in [-0.1, -0.05) is 29.3 Å². The highest BCUT2D eigenvalue weighted by atomic mass is 35.5. The maximum atomic E-state index is 12.0. The van der Waals surface area contributed by atoms with Crippen molar-refractivity contribution in [3.63, 3.8) is 0 Å². The second-order valence-electron chi connectivity index (χ2n) is 7.06. The lowest BCUT2D eigenvalue weighted by atomic mass is 10.3. The molecule has 1 amide bonds. The molecule has 5 rings (SSSR count). The number of benzene rings is 1. The first-order chi connectivity index (χ1) is 16.3. The average molecular weight is 497 g/mol. The Kier molecular flexibility index (Phi) is 5.23. The van der Waals surface area contributed by atoms with E-state index in [0.29, 0.717) is 44.4 Å². The number of hydrogen-bond acceptors (Lipinski definition) is 9. The number of aromatic hydroxyl groups is 1. The van der Waals surface area contributed by atoms with Crippen LogP contribution in [-0.2, 0) is 0 Å². The zero-order valence-electron chi connectivity index (χ0n) is 17.3. The van der Waals surface area contributed by atoms with Crippen LogP contribution in [0.5, 0.6) is 5.88 Å². The first kappa shape index (κ1) is 21.6. The number of nitrogens with zero attached hydrogens (tertiary/aromatic N) is 8. The molecule has 0 aliphatic rings. The number of aromatic nitrogens is 8. The fourth-order valence-corrected chi connectivity index (χ4v) is 3.86. The fraction of sp³-hybridized carbons (Fsp3) is 0.0500. The molecular weight excluding hydrogens is 483 g/mol. The lowest BCUT2D eigenvalue weighted by Gasteiger charge is -2.06. The number of carbonyl (C=O) groups excluding carboxylic acids is 1. The Morgan fingerprint density at radius 1 is 1.12 bits per heavy atom. The highest BCUT2D eigenvalue weighted by molar-refractivity contribution is 6.37. The molecule has 4 aromatic heterocycles. The van der Waals surface area contributed by atoms with E-state index < -0.39 is 5.91 Å². The Morgan fingerprint density at radius 3 is 2.56 bits per heavy atom. The molecular formula is C20H14Cl2N10O2. The summed E-state index contributed by atoms with van der Waals surface area (Å²) in [6.07, 6.45) is 1.52. The number of amides is 1. The summed E-state index contributed by atoms with van der Waals surface area (Å²) >= 11 is 12.5. The van der Waals surface area contributed by atoms with Crippen molar-refractivity contribution in [3.8, 4) is 23.1 Å². The van der Waals surface area contributed by atoms with Crippen molar-refractivity contribution >= 4 is 46.3 Å². The second kappa shape index (κ2) is 8.24. The molecule has 0 unspecified atom stereocenters. The van der Waals surface area contributed by atoms with E-state index in [1.807, 2.05) is 0 Å². The van der Waals surface area contributed by atoms with Gasteiger partial charge in [0.15, 0.2) is 23.0 Å². The molecule has 12 nitrogen and oxygen atoms in total. The Hall–Kier alpha value is -4.29. The minimum atomic E-state index is -0.789. The van der Waals surface area contributed by atoms with Crippen LogP contribution in [0.4, 0.5) is 11.5 Å². The third kappa shape index (κ3) is 3.74. The number of nitrogens with two attached hydrogens (primary N) is 1. The molecule has 0 aliphatic carbocycles. The number of anilines is 2. The number of carbonyl (C=O) groups is 1. The first-order valence-electron chi connectivity index (χ1n) is 9.68. The lowest BCUT2D eigenvalue weighted by molar-refractivity contribution is 0.0996. The van der Waals surface area contributed by atoms with E-state index >= 15 is 0 Å². The van der Waals surface area contributed by atoms with E-state index in [1.165, 1.54) is 12.3 Å². The Morgan fingerprint density at radius 2 is 1.88 bits per heavy atom. The molecule has 0 aliphatic heterocycles. The lowest BCUT2D eigenvalue weighted by Crippen LogP contribution is -2.14. The van der Waals surface area contributed by atoms with Crippen molar-refractivity contribution in [3.05, 3.63) is 64.2 Å². The molecule has 4 heterocycles. The predicted octanol–water partition coefficient (Wildman–Crippen LogP) is 2.93. The zero-order valence-corrected chi connectivity index (χ0v) is 18.8. The highest BCUT2D eigenvalue weighted by Gasteiger charge is 2.20. The summed E-state index contributed by atoms with van der Waals surface area (Å²) in [5.74, 6) is 0.112. The zero-order chi connectivity index (χ0) is 24.0. The van der Waals surface area contributed by atoms with E-state index in [0.717, 1.165) is 4.80 Å². The number of halogens is 2. The van der Waals surface area contributed by atoms with E-state index in [4.69, 9.17) is 28.9 Å². The second-order valence-corrected chi connectivity index (χ2v) is 7.87. The van der Waals surface area contributed by atoms with E-state index in [2.05, 4.69) is 35.7 Å². The van der Waals surface area contributed by atoms with Crippen LogP contribution in [0.3, 0.4) is 0 Å². The van der Waals surface area contributed by atoms with Gasteiger partial charge in [-0.15, -0.1) is 25.2 Å². The van der Waals surface area contributed by atoms with Crippen LogP contribution in [0.1, 0.15) is 16.3 Å².